The highest BCUT2D eigenvalue weighted by molar-refractivity contribution is 5.95. The van der Waals surface area contributed by atoms with Crippen molar-refractivity contribution in [2.24, 2.45) is 5.92 Å². The van der Waals surface area contributed by atoms with Gasteiger partial charge in [-0.25, -0.2) is 9.97 Å². The van der Waals surface area contributed by atoms with E-state index in [9.17, 15) is 0 Å². The zero-order chi connectivity index (χ0) is 18.5. The lowest BCUT2D eigenvalue weighted by Crippen LogP contribution is -2.32. The summed E-state index contributed by atoms with van der Waals surface area (Å²) in [4.78, 5) is 11.0. The lowest BCUT2D eigenvalue weighted by Gasteiger charge is -2.27. The minimum atomic E-state index is 0.296. The van der Waals surface area contributed by atoms with Crippen LogP contribution in [0.5, 0.6) is 5.75 Å². The molecule has 3 aromatic rings. The van der Waals surface area contributed by atoms with E-state index in [1.54, 1.807) is 7.11 Å². The monoisotopic (exact) mass is 356 g/mol. The number of piperidine rings is 1. The molecule has 1 saturated heterocycles. The largest absolute Gasteiger partial charge is 0.494 e. The predicted molar refractivity (Wildman–Crippen MR) is 104 cm³/mol. The van der Waals surface area contributed by atoms with Crippen LogP contribution in [0.1, 0.15) is 33.1 Å². The lowest BCUT2D eigenvalue weighted by atomic mass is 10.1. The van der Waals surface area contributed by atoms with Crippen molar-refractivity contribution in [3.63, 3.8) is 0 Å². The standard InChI is InChI=1S/C10H9N5O.C9H19N/c1-16-7-4-2-3-6-8(7)14-10(11)15-9(6)12-5-13-15;1-9(2)8-10-6-4-3-5-7-10/h2-5H,1H3,(H2,11,14);9H,3-8H2,1-2H3. The van der Waals surface area contributed by atoms with E-state index in [0.717, 1.165) is 11.3 Å². The van der Waals surface area contributed by atoms with Crippen LogP contribution in [0, 0.1) is 5.92 Å². The van der Waals surface area contributed by atoms with Crippen molar-refractivity contribution in [2.45, 2.75) is 33.1 Å². The van der Waals surface area contributed by atoms with Crippen LogP contribution in [-0.2, 0) is 0 Å². The first-order valence-electron chi connectivity index (χ1n) is 9.24. The van der Waals surface area contributed by atoms with E-state index in [-0.39, 0.29) is 0 Å². The molecule has 2 aromatic heterocycles. The van der Waals surface area contributed by atoms with Gasteiger partial charge in [-0.15, -0.1) is 0 Å². The molecule has 0 bridgehead atoms. The van der Waals surface area contributed by atoms with Gasteiger partial charge in [0.2, 0.25) is 5.95 Å². The van der Waals surface area contributed by atoms with E-state index in [2.05, 4.69) is 33.8 Å². The Morgan fingerprint density at radius 3 is 2.65 bits per heavy atom. The van der Waals surface area contributed by atoms with Crippen LogP contribution in [0.15, 0.2) is 24.5 Å². The van der Waals surface area contributed by atoms with Gasteiger partial charge in [-0.05, 0) is 44.0 Å². The van der Waals surface area contributed by atoms with Gasteiger partial charge in [0.25, 0.3) is 0 Å². The first kappa shape index (κ1) is 18.4. The Morgan fingerprint density at radius 2 is 1.96 bits per heavy atom. The summed E-state index contributed by atoms with van der Waals surface area (Å²) in [5, 5.41) is 4.87. The summed E-state index contributed by atoms with van der Waals surface area (Å²) < 4.78 is 6.73. The number of nitrogen functional groups attached to an aromatic ring is 1. The molecule has 0 radical (unpaired) electrons. The minimum Gasteiger partial charge on any atom is -0.494 e. The Balaban J connectivity index is 0.000000170. The molecule has 3 heterocycles. The fourth-order valence-electron chi connectivity index (χ4n) is 3.40. The fraction of sp³-hybridized carbons (Fsp3) is 0.526. The number of hydrogen-bond donors (Lipinski definition) is 1. The zero-order valence-corrected chi connectivity index (χ0v) is 15.9. The van der Waals surface area contributed by atoms with E-state index in [0.29, 0.717) is 22.9 Å². The van der Waals surface area contributed by atoms with Gasteiger partial charge in [0.1, 0.15) is 17.6 Å². The second-order valence-electron chi connectivity index (χ2n) is 7.08. The average Bonchev–Trinajstić information content (AvgIpc) is 3.13. The van der Waals surface area contributed by atoms with E-state index in [4.69, 9.17) is 10.5 Å². The third-order valence-corrected chi connectivity index (χ3v) is 4.52. The van der Waals surface area contributed by atoms with Gasteiger partial charge in [0.15, 0.2) is 5.65 Å². The number of nitrogens with zero attached hydrogens (tertiary/aromatic N) is 5. The number of benzene rings is 1. The van der Waals surface area contributed by atoms with Crippen molar-refractivity contribution in [2.75, 3.05) is 32.5 Å². The van der Waals surface area contributed by atoms with E-state index in [1.807, 2.05) is 18.2 Å². The van der Waals surface area contributed by atoms with Crippen LogP contribution in [0.4, 0.5) is 5.95 Å². The van der Waals surface area contributed by atoms with Crippen molar-refractivity contribution in [1.82, 2.24) is 24.5 Å². The summed E-state index contributed by atoms with van der Waals surface area (Å²) in [5.41, 5.74) is 7.16. The summed E-state index contributed by atoms with van der Waals surface area (Å²) in [5.74, 6) is 1.82. The number of para-hydroxylation sites is 1. The summed E-state index contributed by atoms with van der Waals surface area (Å²) in [7, 11) is 1.60. The van der Waals surface area contributed by atoms with Gasteiger partial charge in [-0.1, -0.05) is 26.3 Å². The number of hydrogen-bond acceptors (Lipinski definition) is 6. The summed E-state index contributed by atoms with van der Waals surface area (Å²) >= 11 is 0. The van der Waals surface area contributed by atoms with Gasteiger partial charge in [0.05, 0.1) is 7.11 Å². The number of likely N-dealkylation sites (tertiary alicyclic amines) is 1. The second-order valence-corrected chi connectivity index (χ2v) is 7.08. The molecule has 7 heteroatoms. The van der Waals surface area contributed by atoms with Crippen molar-refractivity contribution in [3.8, 4) is 5.75 Å². The van der Waals surface area contributed by atoms with Gasteiger partial charge in [-0.3, -0.25) is 0 Å². The Morgan fingerprint density at radius 1 is 1.19 bits per heavy atom. The molecule has 1 aliphatic rings. The predicted octanol–water partition coefficient (Wildman–Crippen LogP) is 3.00. The van der Waals surface area contributed by atoms with Gasteiger partial charge in [-0.2, -0.15) is 9.61 Å². The normalized spacial score (nSPS) is 15.2. The van der Waals surface area contributed by atoms with Crippen LogP contribution < -0.4 is 10.5 Å². The molecule has 7 nitrogen and oxygen atoms in total. The maximum atomic E-state index is 5.78. The molecule has 1 fully saturated rings. The van der Waals surface area contributed by atoms with Crippen molar-refractivity contribution < 1.29 is 4.74 Å². The first-order valence-corrected chi connectivity index (χ1v) is 9.24. The molecule has 4 rings (SSSR count). The number of ether oxygens (including phenoxy) is 1. The number of methoxy groups -OCH3 is 1. The molecular formula is C19H28N6O. The smallest absolute Gasteiger partial charge is 0.223 e. The number of nitrogens with two attached hydrogens (primary N) is 1. The lowest BCUT2D eigenvalue weighted by molar-refractivity contribution is 0.206. The molecule has 0 unspecified atom stereocenters. The van der Waals surface area contributed by atoms with Crippen LogP contribution in [-0.4, -0.2) is 51.2 Å². The van der Waals surface area contributed by atoms with Crippen molar-refractivity contribution in [1.29, 1.82) is 0 Å². The molecule has 1 aliphatic heterocycles. The average molecular weight is 356 g/mol. The molecule has 2 N–H and O–H groups in total. The Hall–Kier alpha value is -2.41. The van der Waals surface area contributed by atoms with Crippen LogP contribution in [0.2, 0.25) is 0 Å². The number of anilines is 1. The quantitative estimate of drug-likeness (QED) is 0.777. The number of aromatic nitrogens is 4. The Labute approximate surface area is 154 Å². The van der Waals surface area contributed by atoms with Gasteiger partial charge < -0.3 is 15.4 Å². The molecule has 0 aliphatic carbocycles. The third-order valence-electron chi connectivity index (χ3n) is 4.52. The number of fused-ring (bicyclic) bond motifs is 3. The highest BCUT2D eigenvalue weighted by atomic mass is 16.5. The highest BCUT2D eigenvalue weighted by Gasteiger charge is 2.11. The minimum absolute atomic E-state index is 0.296. The van der Waals surface area contributed by atoms with Gasteiger partial charge >= 0.3 is 0 Å². The molecule has 140 valence electrons. The molecule has 26 heavy (non-hydrogen) atoms. The molecule has 0 saturated carbocycles. The SMILES string of the molecule is CC(C)CN1CCCCC1.COc1cccc2c1nc(N)n1ncnc21. The molecule has 0 amide bonds. The Kier molecular flexibility index (Phi) is 5.88. The number of rotatable bonds is 3. The van der Waals surface area contributed by atoms with E-state index >= 15 is 0 Å². The molecule has 0 atom stereocenters. The fourth-order valence-corrected chi connectivity index (χ4v) is 3.40. The van der Waals surface area contributed by atoms with E-state index in [1.165, 1.54) is 49.7 Å². The Bertz CT molecular complexity index is 854. The topological polar surface area (TPSA) is 81.6 Å². The van der Waals surface area contributed by atoms with Crippen molar-refractivity contribution >= 4 is 22.5 Å². The maximum Gasteiger partial charge on any atom is 0.223 e. The van der Waals surface area contributed by atoms with Gasteiger partial charge in [0, 0.05) is 11.9 Å². The van der Waals surface area contributed by atoms with E-state index < -0.39 is 0 Å². The molecule has 0 spiro atoms. The molecular weight excluding hydrogens is 328 g/mol. The van der Waals surface area contributed by atoms with Crippen LogP contribution in [0.3, 0.4) is 0 Å². The van der Waals surface area contributed by atoms with Crippen molar-refractivity contribution in [3.05, 3.63) is 24.5 Å². The summed E-state index contributed by atoms with van der Waals surface area (Å²) in [6, 6.07) is 5.63. The maximum absolute atomic E-state index is 5.78. The molecule has 1 aromatic carbocycles. The second kappa shape index (κ2) is 8.31. The third kappa shape index (κ3) is 4.04. The highest BCUT2D eigenvalue weighted by Crippen LogP contribution is 2.26. The summed E-state index contributed by atoms with van der Waals surface area (Å²) in [6.45, 7) is 8.60. The summed E-state index contributed by atoms with van der Waals surface area (Å²) in [6.07, 6.45) is 5.75. The van der Waals surface area contributed by atoms with Crippen LogP contribution >= 0.6 is 0 Å². The first-order chi connectivity index (χ1) is 12.6. The van der Waals surface area contributed by atoms with Crippen LogP contribution in [0.25, 0.3) is 16.6 Å². The zero-order valence-electron chi connectivity index (χ0n) is 15.9.